The molecule has 8 unspecified atom stereocenters. The number of rotatable bonds is 10. The molecule has 17 nitrogen and oxygen atoms in total. The standard InChI is InChI=1S/C46H73N3O14/c1-23-21-44(7,56)40(63-43-36(51)32(49(10)11)19-24(2)59-43)26(4)37(62-34-22-45(8,58-12)39(53)28(6)60-34)27(5)42(55)61-33(46(9,57)38(52)25(3)35(23)50)16-18-48-41(54)30-13-14-31-29(20-30)15-17-47-31/h13-15,17,20,23-28,32-34,36-40,43,47,51-53,56-57H,16,18-19,21-22H2,1-12H3,(H,48,54)/t23-,24?,25+,26+,27-,28?,32?,33-,34?,36?,37+,38-,39?,40-,43?,44-,45?,46-/m1/s1. The highest BCUT2D eigenvalue weighted by Gasteiger charge is 2.53. The minimum absolute atomic E-state index is 0.0397. The molecule has 1 aromatic carbocycles. The summed E-state index contributed by atoms with van der Waals surface area (Å²) in [6.45, 7) is 14.3. The molecular formula is C46H73N3O14. The van der Waals surface area contributed by atoms with Gasteiger partial charge in [-0.2, -0.15) is 0 Å². The lowest BCUT2D eigenvalue weighted by molar-refractivity contribution is -0.318. The van der Waals surface area contributed by atoms with Crippen LogP contribution in [0.3, 0.4) is 0 Å². The molecule has 0 radical (unpaired) electrons. The smallest absolute Gasteiger partial charge is 0.311 e. The third-order valence-electron chi connectivity index (χ3n) is 14.0. The summed E-state index contributed by atoms with van der Waals surface area (Å²) in [6, 6.07) is 6.64. The second kappa shape index (κ2) is 20.2. The third kappa shape index (κ3) is 11.1. The number of aromatic nitrogens is 1. The van der Waals surface area contributed by atoms with Gasteiger partial charge in [0.2, 0.25) is 0 Å². The van der Waals surface area contributed by atoms with Crippen molar-refractivity contribution in [3.8, 4) is 0 Å². The summed E-state index contributed by atoms with van der Waals surface area (Å²) in [5.74, 6) is -6.00. The van der Waals surface area contributed by atoms with Crippen LogP contribution in [0.15, 0.2) is 30.5 Å². The topological polar surface area (TPSA) is 239 Å². The van der Waals surface area contributed by atoms with E-state index in [1.165, 1.54) is 27.9 Å². The lowest BCUT2D eigenvalue weighted by atomic mass is 9.74. The van der Waals surface area contributed by atoms with Gasteiger partial charge in [0.15, 0.2) is 12.6 Å². The van der Waals surface area contributed by atoms with Crippen molar-refractivity contribution in [1.82, 2.24) is 15.2 Å². The van der Waals surface area contributed by atoms with Crippen LogP contribution >= 0.6 is 0 Å². The van der Waals surface area contributed by atoms with E-state index in [0.717, 1.165) is 10.9 Å². The first-order chi connectivity index (χ1) is 29.3. The number of Topliss-reactive ketones (excluding diaryl/α,β-unsaturated/α-hetero) is 1. The van der Waals surface area contributed by atoms with E-state index in [0.29, 0.717) is 12.0 Å². The molecule has 18 atom stereocenters. The van der Waals surface area contributed by atoms with Crippen molar-refractivity contribution in [2.45, 2.75) is 172 Å². The van der Waals surface area contributed by atoms with Gasteiger partial charge in [0.1, 0.15) is 29.7 Å². The Morgan fingerprint density at radius 1 is 0.937 bits per heavy atom. The van der Waals surface area contributed by atoms with Crippen LogP contribution in [0, 0.1) is 23.7 Å². The first-order valence-electron chi connectivity index (χ1n) is 22.2. The summed E-state index contributed by atoms with van der Waals surface area (Å²) in [6.07, 6.45) is -9.32. The van der Waals surface area contributed by atoms with E-state index in [4.69, 9.17) is 28.4 Å². The molecule has 7 N–H and O–H groups in total. The molecule has 0 spiro atoms. The monoisotopic (exact) mass is 892 g/mol. The first kappa shape index (κ1) is 50.9. The van der Waals surface area contributed by atoms with Crippen LogP contribution in [-0.4, -0.2) is 165 Å². The molecule has 5 rings (SSSR count). The van der Waals surface area contributed by atoms with Crippen LogP contribution in [0.25, 0.3) is 10.9 Å². The van der Waals surface area contributed by atoms with Gasteiger partial charge in [0.25, 0.3) is 5.91 Å². The molecule has 1 aromatic heterocycles. The molecule has 4 heterocycles. The summed E-state index contributed by atoms with van der Waals surface area (Å²) in [4.78, 5) is 47.1. The Labute approximate surface area is 371 Å². The van der Waals surface area contributed by atoms with Gasteiger partial charge >= 0.3 is 5.97 Å². The normalized spacial score (nSPS) is 42.5. The number of aromatic amines is 1. The second-order valence-corrected chi connectivity index (χ2v) is 19.4. The van der Waals surface area contributed by atoms with E-state index >= 15 is 0 Å². The van der Waals surface area contributed by atoms with Gasteiger partial charge < -0.3 is 69.2 Å². The number of fused-ring (bicyclic) bond motifs is 1. The van der Waals surface area contributed by atoms with Gasteiger partial charge in [-0.25, -0.2) is 0 Å². The number of nitrogens with zero attached hydrogens (tertiary/aromatic N) is 1. The number of ether oxygens (including phenoxy) is 6. The molecule has 0 saturated carbocycles. The zero-order valence-electron chi connectivity index (χ0n) is 38.9. The number of carbonyl (C=O) groups is 3. The average Bonchev–Trinajstić information content (AvgIpc) is 3.70. The van der Waals surface area contributed by atoms with Crippen molar-refractivity contribution in [2.24, 2.45) is 23.7 Å². The van der Waals surface area contributed by atoms with E-state index in [1.807, 2.05) is 32.0 Å². The fourth-order valence-corrected chi connectivity index (χ4v) is 9.88. The quantitative estimate of drug-likeness (QED) is 0.170. The zero-order valence-corrected chi connectivity index (χ0v) is 38.9. The molecule has 63 heavy (non-hydrogen) atoms. The van der Waals surface area contributed by atoms with Gasteiger partial charge in [-0.3, -0.25) is 14.4 Å². The van der Waals surface area contributed by atoms with Crippen molar-refractivity contribution < 1.29 is 68.3 Å². The van der Waals surface area contributed by atoms with Gasteiger partial charge in [0.05, 0.1) is 47.6 Å². The fourth-order valence-electron chi connectivity index (χ4n) is 9.88. The summed E-state index contributed by atoms with van der Waals surface area (Å²) in [5, 5.41) is 62.8. The van der Waals surface area contributed by atoms with Crippen molar-refractivity contribution in [3.05, 3.63) is 36.0 Å². The number of H-pyrrole nitrogens is 1. The molecule has 3 aliphatic heterocycles. The van der Waals surface area contributed by atoms with Crippen LogP contribution < -0.4 is 5.32 Å². The number of likely N-dealkylation sites (N-methyl/N-ethyl adjacent to an activating group) is 1. The van der Waals surface area contributed by atoms with Crippen LogP contribution in [-0.2, 0) is 38.0 Å². The van der Waals surface area contributed by atoms with E-state index in [9.17, 15) is 39.9 Å². The fraction of sp³-hybridized carbons (Fsp3) is 0.761. The number of benzene rings is 1. The molecule has 17 heteroatoms. The minimum Gasteiger partial charge on any atom is -0.459 e. The Morgan fingerprint density at radius 2 is 1.62 bits per heavy atom. The molecule has 2 aromatic rings. The predicted molar refractivity (Wildman–Crippen MR) is 231 cm³/mol. The maximum absolute atomic E-state index is 14.6. The number of amides is 1. The van der Waals surface area contributed by atoms with E-state index < -0.39 is 113 Å². The summed E-state index contributed by atoms with van der Waals surface area (Å²) < 4.78 is 37.6. The Morgan fingerprint density at radius 3 is 2.27 bits per heavy atom. The van der Waals surface area contributed by atoms with Crippen LogP contribution in [0.4, 0.5) is 0 Å². The van der Waals surface area contributed by atoms with Crippen molar-refractivity contribution >= 4 is 28.6 Å². The predicted octanol–water partition coefficient (Wildman–Crippen LogP) is 2.68. The zero-order chi connectivity index (χ0) is 46.9. The van der Waals surface area contributed by atoms with Gasteiger partial charge in [0, 0.05) is 73.0 Å². The number of cyclic esters (lactones) is 1. The van der Waals surface area contributed by atoms with E-state index in [1.54, 1.807) is 59.0 Å². The average molecular weight is 892 g/mol. The number of carbonyl (C=O) groups excluding carboxylic acids is 3. The van der Waals surface area contributed by atoms with Gasteiger partial charge in [-0.05, 0) is 92.7 Å². The third-order valence-corrected chi connectivity index (χ3v) is 14.0. The molecule has 3 saturated heterocycles. The highest BCUT2D eigenvalue weighted by atomic mass is 16.7. The van der Waals surface area contributed by atoms with Crippen molar-refractivity contribution in [2.75, 3.05) is 27.7 Å². The summed E-state index contributed by atoms with van der Waals surface area (Å²) in [5.41, 5.74) is -3.95. The molecule has 1 amide bonds. The van der Waals surface area contributed by atoms with Crippen LogP contribution in [0.1, 0.15) is 98.4 Å². The van der Waals surface area contributed by atoms with E-state index in [2.05, 4.69) is 10.3 Å². The molecular weight excluding hydrogens is 819 g/mol. The number of nitrogens with one attached hydrogen (secondary N) is 2. The summed E-state index contributed by atoms with van der Waals surface area (Å²) >= 11 is 0. The lowest BCUT2D eigenvalue weighted by Gasteiger charge is -2.49. The number of aliphatic hydroxyl groups excluding tert-OH is 3. The highest BCUT2D eigenvalue weighted by Crippen LogP contribution is 2.41. The van der Waals surface area contributed by atoms with E-state index in [-0.39, 0.29) is 38.0 Å². The van der Waals surface area contributed by atoms with Gasteiger partial charge in [-0.15, -0.1) is 0 Å². The Kier molecular flexibility index (Phi) is 16.3. The number of hydrogen-bond donors (Lipinski definition) is 7. The lowest BCUT2D eigenvalue weighted by Crippen LogP contribution is -2.61. The number of hydrogen-bond acceptors (Lipinski definition) is 15. The maximum atomic E-state index is 14.6. The first-order valence-corrected chi connectivity index (χ1v) is 22.2. The van der Waals surface area contributed by atoms with Crippen molar-refractivity contribution in [3.63, 3.8) is 0 Å². The number of aliphatic hydroxyl groups is 5. The molecule has 0 bridgehead atoms. The number of ketones is 1. The Balaban J connectivity index is 1.54. The maximum Gasteiger partial charge on any atom is 0.311 e. The number of methoxy groups -OCH3 is 1. The minimum atomic E-state index is -2.22. The molecule has 3 aliphatic rings. The summed E-state index contributed by atoms with van der Waals surface area (Å²) in [7, 11) is 5.14. The van der Waals surface area contributed by atoms with Crippen LogP contribution in [0.2, 0.25) is 0 Å². The van der Waals surface area contributed by atoms with Crippen molar-refractivity contribution in [1.29, 1.82) is 0 Å². The molecule has 0 aliphatic carbocycles. The Hall–Kier alpha value is -3.07. The SMILES string of the molecule is COC1(C)CC(O[C@H]2[C@H](C)[C@@H](OC3OC(C)CC(N(C)C)C3O)[C@](C)(O)C[C@@H](C)C(=O)[C@H](C)[C@@H](O)[C@](C)(O)[C@@H](CCNC(=O)c3ccc4[nH]ccc4c3)OC(=O)[C@@H]2C)OC(C)C1O. The number of esters is 1. The van der Waals surface area contributed by atoms with Crippen LogP contribution in [0.5, 0.6) is 0 Å². The second-order valence-electron chi connectivity index (χ2n) is 19.4. The Bertz CT molecular complexity index is 1870. The molecule has 356 valence electrons. The van der Waals surface area contributed by atoms with Gasteiger partial charge in [-0.1, -0.05) is 20.8 Å². The highest BCUT2D eigenvalue weighted by molar-refractivity contribution is 5.98. The molecule has 3 fully saturated rings. The largest absolute Gasteiger partial charge is 0.459 e.